The quantitative estimate of drug-likeness (QED) is 0.371. The van der Waals surface area contributed by atoms with Gasteiger partial charge in [0.05, 0.1) is 0 Å². The predicted molar refractivity (Wildman–Crippen MR) is 76.3 cm³/mol. The van der Waals surface area contributed by atoms with E-state index in [2.05, 4.69) is 50.5 Å². The van der Waals surface area contributed by atoms with Gasteiger partial charge < -0.3 is 0 Å². The first-order valence-corrected chi connectivity index (χ1v) is 7.08. The molecule has 2 atom stereocenters. The largest absolute Gasteiger partial charge is 0.178 e. The average molecular weight is 257 g/mol. The van der Waals surface area contributed by atoms with Crippen molar-refractivity contribution in [2.24, 2.45) is 0 Å². The lowest BCUT2D eigenvalue weighted by molar-refractivity contribution is 0.616. The van der Waals surface area contributed by atoms with Gasteiger partial charge in [0.2, 0.25) is 0 Å². The molecule has 80 valence electrons. The van der Waals surface area contributed by atoms with Crippen LogP contribution in [-0.4, -0.2) is 22.0 Å². The Morgan fingerprint density at radius 3 is 1.38 bits per heavy atom. The molecule has 0 heterocycles. The first-order chi connectivity index (χ1) is 6.20. The molecule has 0 amide bonds. The van der Waals surface area contributed by atoms with Crippen LogP contribution in [0.25, 0.3) is 0 Å². The molecule has 0 N–H and O–H groups in total. The van der Waals surface area contributed by atoms with Crippen molar-refractivity contribution in [2.75, 3.05) is 11.5 Å². The average Bonchev–Trinajstić information content (AvgIpc) is 2.16. The summed E-state index contributed by atoms with van der Waals surface area (Å²) in [6.07, 6.45) is 6.19. The van der Waals surface area contributed by atoms with Gasteiger partial charge in [-0.3, -0.25) is 0 Å². The Morgan fingerprint density at radius 2 is 1.08 bits per heavy atom. The summed E-state index contributed by atoms with van der Waals surface area (Å²) in [7, 11) is 0. The molecule has 0 aliphatic carbocycles. The first kappa shape index (κ1) is 14.4. The zero-order valence-electron chi connectivity index (χ0n) is 7.89. The lowest BCUT2D eigenvalue weighted by atomic mass is 10.1. The van der Waals surface area contributed by atoms with Crippen molar-refractivity contribution in [3.05, 3.63) is 0 Å². The number of hydrogen-bond acceptors (Lipinski definition) is 4. The molecule has 0 aliphatic rings. The second-order valence-electron chi connectivity index (χ2n) is 3.31. The van der Waals surface area contributed by atoms with Gasteiger partial charge in [0, 0.05) is 22.0 Å². The van der Waals surface area contributed by atoms with Gasteiger partial charge in [-0.05, 0) is 12.8 Å². The Balaban J connectivity index is 3.08. The van der Waals surface area contributed by atoms with Crippen molar-refractivity contribution >= 4 is 50.5 Å². The molecule has 0 bridgehead atoms. The summed E-state index contributed by atoms with van der Waals surface area (Å²) in [5.41, 5.74) is 0. The molecule has 0 saturated heterocycles. The van der Waals surface area contributed by atoms with Crippen molar-refractivity contribution in [2.45, 2.75) is 42.6 Å². The van der Waals surface area contributed by atoms with Gasteiger partial charge in [-0.2, -0.15) is 50.5 Å². The minimum atomic E-state index is 0.472. The van der Waals surface area contributed by atoms with E-state index in [0.29, 0.717) is 10.5 Å². The number of rotatable bonds is 8. The summed E-state index contributed by atoms with van der Waals surface area (Å²) < 4.78 is 0. The second kappa shape index (κ2) is 9.94. The molecule has 0 aliphatic heterocycles. The Morgan fingerprint density at radius 1 is 0.692 bits per heavy atom. The first-order valence-electron chi connectivity index (χ1n) is 4.78. The van der Waals surface area contributed by atoms with Gasteiger partial charge >= 0.3 is 0 Å². The highest BCUT2D eigenvalue weighted by Gasteiger charge is 2.01. The summed E-state index contributed by atoms with van der Waals surface area (Å²) in [5.74, 6) is 1.77. The highest BCUT2D eigenvalue weighted by molar-refractivity contribution is 7.85. The van der Waals surface area contributed by atoms with Crippen LogP contribution in [0.2, 0.25) is 0 Å². The Kier molecular flexibility index (Phi) is 11.0. The summed E-state index contributed by atoms with van der Waals surface area (Å²) in [4.78, 5) is 0. The highest BCUT2D eigenvalue weighted by Crippen LogP contribution is 2.13. The van der Waals surface area contributed by atoms with Crippen LogP contribution < -0.4 is 0 Å². The molecule has 0 rings (SSSR count). The van der Waals surface area contributed by atoms with Gasteiger partial charge in [-0.25, -0.2) is 0 Å². The van der Waals surface area contributed by atoms with Crippen LogP contribution in [0, 0.1) is 0 Å². The fraction of sp³-hybridized carbons (Fsp3) is 1.00. The molecular weight excluding hydrogens is 236 g/mol. The summed E-state index contributed by atoms with van der Waals surface area (Å²) in [5, 5.41) is 0.944. The number of hydrogen-bond donors (Lipinski definition) is 4. The van der Waals surface area contributed by atoms with Crippen LogP contribution in [0.1, 0.15) is 32.1 Å². The monoisotopic (exact) mass is 256 g/mol. The van der Waals surface area contributed by atoms with E-state index < -0.39 is 0 Å². The van der Waals surface area contributed by atoms with Crippen molar-refractivity contribution in [3.63, 3.8) is 0 Å². The Bertz CT molecular complexity index is 95.8. The molecule has 4 heteroatoms. The van der Waals surface area contributed by atoms with Crippen LogP contribution in [0.15, 0.2) is 0 Å². The fourth-order valence-corrected chi connectivity index (χ4v) is 1.85. The van der Waals surface area contributed by atoms with Crippen LogP contribution in [0.5, 0.6) is 0 Å². The Hall–Kier alpha value is 1.40. The van der Waals surface area contributed by atoms with Crippen molar-refractivity contribution in [1.29, 1.82) is 0 Å². The van der Waals surface area contributed by atoms with E-state index >= 15 is 0 Å². The molecule has 0 saturated carbocycles. The minimum absolute atomic E-state index is 0.472. The number of thiol groups is 4. The van der Waals surface area contributed by atoms with Crippen molar-refractivity contribution < 1.29 is 0 Å². The zero-order chi connectivity index (χ0) is 10.1. The van der Waals surface area contributed by atoms with E-state index in [0.717, 1.165) is 11.5 Å². The maximum atomic E-state index is 4.39. The molecule has 0 aromatic carbocycles. The maximum Gasteiger partial charge on any atom is 0.0105 e. The lowest BCUT2D eigenvalue weighted by Crippen LogP contribution is -2.02. The molecule has 0 nitrogen and oxygen atoms in total. The number of unbranched alkanes of at least 4 members (excludes halogenated alkanes) is 2. The third-order valence-electron chi connectivity index (χ3n) is 2.00. The van der Waals surface area contributed by atoms with Gasteiger partial charge in [0.1, 0.15) is 0 Å². The van der Waals surface area contributed by atoms with Gasteiger partial charge in [-0.15, -0.1) is 0 Å². The van der Waals surface area contributed by atoms with Crippen molar-refractivity contribution in [1.82, 2.24) is 0 Å². The van der Waals surface area contributed by atoms with E-state index in [4.69, 9.17) is 0 Å². The topological polar surface area (TPSA) is 0 Å². The third kappa shape index (κ3) is 9.70. The van der Waals surface area contributed by atoms with E-state index in [9.17, 15) is 0 Å². The normalized spacial score (nSPS) is 15.7. The van der Waals surface area contributed by atoms with E-state index in [1.165, 1.54) is 32.1 Å². The molecule has 0 aromatic rings. The van der Waals surface area contributed by atoms with Crippen LogP contribution in [0.3, 0.4) is 0 Å². The van der Waals surface area contributed by atoms with Crippen LogP contribution in [0.4, 0.5) is 0 Å². The zero-order valence-corrected chi connectivity index (χ0v) is 11.5. The van der Waals surface area contributed by atoms with Crippen LogP contribution >= 0.6 is 50.5 Å². The van der Waals surface area contributed by atoms with Gasteiger partial charge in [-0.1, -0.05) is 19.3 Å². The molecule has 0 aromatic heterocycles. The molecule has 13 heavy (non-hydrogen) atoms. The second-order valence-corrected chi connectivity index (χ2v) is 5.50. The molecular formula is C9H20S4. The SMILES string of the molecule is SCC(S)CCCCCC(S)CS. The lowest BCUT2D eigenvalue weighted by Gasteiger charge is -2.08. The molecule has 0 spiro atoms. The standard InChI is InChI=1S/C9H20S4/c10-6-8(12)4-2-1-3-5-9(13)7-11/h8-13H,1-7H2. The molecule has 0 radical (unpaired) electrons. The smallest absolute Gasteiger partial charge is 0.0105 e. The summed E-state index contributed by atoms with van der Waals surface area (Å²) in [6, 6.07) is 0. The maximum absolute atomic E-state index is 4.39. The molecule has 0 fully saturated rings. The predicted octanol–water partition coefficient (Wildman–Crippen LogP) is 3.39. The van der Waals surface area contributed by atoms with Crippen LogP contribution in [-0.2, 0) is 0 Å². The third-order valence-corrected chi connectivity index (χ3v) is 4.34. The Labute approximate surface area is 104 Å². The van der Waals surface area contributed by atoms with Gasteiger partial charge in [0.15, 0.2) is 0 Å². The van der Waals surface area contributed by atoms with Crippen molar-refractivity contribution in [3.8, 4) is 0 Å². The summed E-state index contributed by atoms with van der Waals surface area (Å²) in [6.45, 7) is 0. The van der Waals surface area contributed by atoms with E-state index in [-0.39, 0.29) is 0 Å². The molecule has 2 unspecified atom stereocenters. The summed E-state index contributed by atoms with van der Waals surface area (Å²) >= 11 is 17.2. The van der Waals surface area contributed by atoms with E-state index in [1.807, 2.05) is 0 Å². The van der Waals surface area contributed by atoms with Gasteiger partial charge in [0.25, 0.3) is 0 Å². The fourth-order valence-electron chi connectivity index (χ4n) is 1.12. The highest BCUT2D eigenvalue weighted by atomic mass is 32.1. The minimum Gasteiger partial charge on any atom is -0.178 e. The van der Waals surface area contributed by atoms with E-state index in [1.54, 1.807) is 0 Å².